The lowest BCUT2D eigenvalue weighted by Crippen LogP contribution is -2.47. The van der Waals surface area contributed by atoms with Gasteiger partial charge in [0.25, 0.3) is 0 Å². The average molecular weight is 369 g/mol. The molecule has 3 N–H and O–H groups in total. The van der Waals surface area contributed by atoms with Crippen molar-refractivity contribution in [3.63, 3.8) is 0 Å². The Bertz CT molecular complexity index is 506. The molecule has 0 atom stereocenters. The molecule has 1 aromatic carbocycles. The second-order valence-electron chi connectivity index (χ2n) is 5.94. The number of carbonyl (C=O) groups excluding carboxylic acids is 1. The van der Waals surface area contributed by atoms with Crippen LogP contribution in [0.1, 0.15) is 34.1 Å². The van der Waals surface area contributed by atoms with Gasteiger partial charge in [-0.25, -0.2) is 0 Å². The van der Waals surface area contributed by atoms with Crippen molar-refractivity contribution in [1.82, 2.24) is 10.6 Å². The van der Waals surface area contributed by atoms with Crippen LogP contribution in [0.3, 0.4) is 0 Å². The first-order valence-corrected chi connectivity index (χ1v) is 8.21. The van der Waals surface area contributed by atoms with Crippen molar-refractivity contribution in [1.29, 1.82) is 0 Å². The number of hydrogen-bond donors (Lipinski definition) is 3. The van der Waals surface area contributed by atoms with Crippen molar-refractivity contribution in [2.24, 2.45) is 4.99 Å². The van der Waals surface area contributed by atoms with Crippen LogP contribution in [0, 0.1) is 0 Å². The van der Waals surface area contributed by atoms with Gasteiger partial charge in [-0.05, 0) is 52.0 Å². The van der Waals surface area contributed by atoms with Crippen LogP contribution in [0.25, 0.3) is 0 Å². The summed E-state index contributed by atoms with van der Waals surface area (Å²) in [4.78, 5) is 16.3. The predicted octanol–water partition coefficient (Wildman–Crippen LogP) is 3.13. The third kappa shape index (κ3) is 8.02. The molecule has 1 rings (SSSR count). The van der Waals surface area contributed by atoms with Crippen molar-refractivity contribution in [3.05, 3.63) is 28.7 Å². The van der Waals surface area contributed by atoms with Crippen molar-refractivity contribution in [2.75, 3.05) is 18.4 Å². The first-order chi connectivity index (χ1) is 10.3. The van der Waals surface area contributed by atoms with Gasteiger partial charge in [-0.2, -0.15) is 0 Å². The van der Waals surface area contributed by atoms with Gasteiger partial charge in [0.1, 0.15) is 0 Å². The highest BCUT2D eigenvalue weighted by atomic mass is 79.9. The van der Waals surface area contributed by atoms with E-state index in [-0.39, 0.29) is 11.4 Å². The summed E-state index contributed by atoms with van der Waals surface area (Å²) in [6.07, 6.45) is 0.344. The third-order valence-corrected chi connectivity index (χ3v) is 3.10. The van der Waals surface area contributed by atoms with Gasteiger partial charge in [-0.15, -0.1) is 0 Å². The average Bonchev–Trinajstić information content (AvgIpc) is 2.40. The molecular weight excluding hydrogens is 344 g/mol. The van der Waals surface area contributed by atoms with Crippen LogP contribution in [0.2, 0.25) is 0 Å². The molecule has 0 aliphatic carbocycles. The summed E-state index contributed by atoms with van der Waals surface area (Å²) in [5.41, 5.74) is 0.720. The van der Waals surface area contributed by atoms with Crippen LogP contribution in [-0.4, -0.2) is 30.5 Å². The Morgan fingerprint density at radius 2 is 1.86 bits per heavy atom. The van der Waals surface area contributed by atoms with Crippen molar-refractivity contribution in [2.45, 2.75) is 39.7 Å². The maximum absolute atomic E-state index is 11.9. The fourth-order valence-corrected chi connectivity index (χ4v) is 1.95. The van der Waals surface area contributed by atoms with Gasteiger partial charge in [0, 0.05) is 28.7 Å². The molecule has 0 radical (unpaired) electrons. The lowest BCUT2D eigenvalue weighted by molar-refractivity contribution is -0.116. The number of amides is 1. The van der Waals surface area contributed by atoms with Gasteiger partial charge in [0.05, 0.1) is 6.54 Å². The van der Waals surface area contributed by atoms with Gasteiger partial charge in [-0.3, -0.25) is 9.79 Å². The molecule has 0 aliphatic heterocycles. The van der Waals surface area contributed by atoms with E-state index < -0.39 is 0 Å². The third-order valence-electron chi connectivity index (χ3n) is 2.57. The minimum absolute atomic E-state index is 0.0438. The molecule has 0 aliphatic rings. The normalized spacial score (nSPS) is 12.0. The van der Waals surface area contributed by atoms with Gasteiger partial charge in [0.2, 0.25) is 5.91 Å². The largest absolute Gasteiger partial charge is 0.357 e. The number of guanidine groups is 1. The number of rotatable bonds is 5. The summed E-state index contributed by atoms with van der Waals surface area (Å²) >= 11 is 3.36. The fraction of sp³-hybridized carbons (Fsp3) is 0.500. The predicted molar refractivity (Wildman–Crippen MR) is 96.3 cm³/mol. The summed E-state index contributed by atoms with van der Waals surface area (Å²) in [7, 11) is 0. The molecule has 0 bridgehead atoms. The second-order valence-corrected chi connectivity index (χ2v) is 6.86. The maximum Gasteiger partial charge on any atom is 0.226 e. The molecule has 1 amide bonds. The van der Waals surface area contributed by atoms with E-state index in [1.165, 1.54) is 0 Å². The Labute approximate surface area is 141 Å². The Balaban J connectivity index is 2.47. The molecule has 6 heteroatoms. The molecule has 0 saturated carbocycles. The van der Waals surface area contributed by atoms with E-state index in [1.807, 2.05) is 31.2 Å². The van der Waals surface area contributed by atoms with Gasteiger partial charge in [0.15, 0.2) is 5.96 Å². The van der Waals surface area contributed by atoms with Crippen LogP contribution in [0.5, 0.6) is 0 Å². The van der Waals surface area contributed by atoms with Crippen molar-refractivity contribution in [3.8, 4) is 0 Å². The smallest absolute Gasteiger partial charge is 0.226 e. The van der Waals surface area contributed by atoms with E-state index in [1.54, 1.807) is 0 Å². The topological polar surface area (TPSA) is 65.5 Å². The molecule has 0 unspecified atom stereocenters. The number of nitrogens with zero attached hydrogens (tertiary/aromatic N) is 1. The maximum atomic E-state index is 11.9. The van der Waals surface area contributed by atoms with Crippen LogP contribution in [0.4, 0.5) is 5.69 Å². The number of aliphatic imine (C=N–C) groups is 1. The minimum Gasteiger partial charge on any atom is -0.357 e. The van der Waals surface area contributed by atoms with Gasteiger partial charge >= 0.3 is 0 Å². The van der Waals surface area contributed by atoms with Crippen molar-refractivity contribution >= 4 is 33.5 Å². The Morgan fingerprint density at radius 1 is 1.23 bits per heavy atom. The standard InChI is InChI=1S/C16H25BrN4O/c1-5-18-15(21-16(2,3)4)19-11-10-14(22)20-13-8-6-12(17)7-9-13/h6-9H,5,10-11H2,1-4H3,(H,20,22)(H2,18,19,21). The van der Waals surface area contributed by atoms with E-state index >= 15 is 0 Å². The highest BCUT2D eigenvalue weighted by Gasteiger charge is 2.11. The number of anilines is 1. The summed E-state index contributed by atoms with van der Waals surface area (Å²) < 4.78 is 0.985. The summed E-state index contributed by atoms with van der Waals surface area (Å²) in [6, 6.07) is 7.50. The monoisotopic (exact) mass is 368 g/mol. The molecule has 122 valence electrons. The molecule has 5 nitrogen and oxygen atoms in total. The Kier molecular flexibility index (Phi) is 7.38. The van der Waals surface area contributed by atoms with Crippen LogP contribution >= 0.6 is 15.9 Å². The summed E-state index contributed by atoms with van der Waals surface area (Å²) in [6.45, 7) is 9.45. The Morgan fingerprint density at radius 3 is 2.41 bits per heavy atom. The lowest BCUT2D eigenvalue weighted by Gasteiger charge is -2.23. The summed E-state index contributed by atoms with van der Waals surface area (Å²) in [5.74, 6) is 0.684. The number of benzene rings is 1. The minimum atomic E-state index is -0.0688. The zero-order chi connectivity index (χ0) is 16.6. The molecule has 0 heterocycles. The molecule has 0 saturated heterocycles. The molecular formula is C16H25BrN4O. The van der Waals surface area contributed by atoms with E-state index in [2.05, 4.69) is 57.6 Å². The Hall–Kier alpha value is -1.56. The lowest BCUT2D eigenvalue weighted by atomic mass is 10.1. The summed E-state index contributed by atoms with van der Waals surface area (Å²) in [5, 5.41) is 9.31. The van der Waals surface area contributed by atoms with Crippen LogP contribution in [0.15, 0.2) is 33.7 Å². The van der Waals surface area contributed by atoms with Crippen molar-refractivity contribution < 1.29 is 4.79 Å². The zero-order valence-corrected chi connectivity index (χ0v) is 15.3. The van der Waals surface area contributed by atoms with Crippen LogP contribution in [-0.2, 0) is 4.79 Å². The number of hydrogen-bond acceptors (Lipinski definition) is 2. The van der Waals surface area contributed by atoms with E-state index in [9.17, 15) is 4.79 Å². The quantitative estimate of drug-likeness (QED) is 0.552. The number of carbonyl (C=O) groups is 1. The van der Waals surface area contributed by atoms with Crippen LogP contribution < -0.4 is 16.0 Å². The van der Waals surface area contributed by atoms with E-state index in [4.69, 9.17) is 0 Å². The first-order valence-electron chi connectivity index (χ1n) is 7.42. The highest BCUT2D eigenvalue weighted by Crippen LogP contribution is 2.14. The van der Waals surface area contributed by atoms with Gasteiger partial charge < -0.3 is 16.0 Å². The second kappa shape index (κ2) is 8.78. The van der Waals surface area contributed by atoms with Gasteiger partial charge in [-0.1, -0.05) is 15.9 Å². The molecule has 0 fully saturated rings. The molecule has 22 heavy (non-hydrogen) atoms. The fourth-order valence-electron chi connectivity index (χ4n) is 1.69. The van der Waals surface area contributed by atoms with E-state index in [0.717, 1.165) is 22.7 Å². The number of nitrogens with one attached hydrogen (secondary N) is 3. The molecule has 0 aromatic heterocycles. The zero-order valence-electron chi connectivity index (χ0n) is 13.7. The molecule has 1 aromatic rings. The SMILES string of the molecule is CCNC(=NCCC(=O)Nc1ccc(Br)cc1)NC(C)(C)C. The highest BCUT2D eigenvalue weighted by molar-refractivity contribution is 9.10. The first kappa shape index (κ1) is 18.5. The number of halogens is 1. The van der Waals surface area contributed by atoms with E-state index in [0.29, 0.717) is 13.0 Å². The molecule has 0 spiro atoms.